The fraction of sp³-hybridized carbons (Fsp3) is 0.250. The third kappa shape index (κ3) is 3.61. The smallest absolute Gasteiger partial charge is 0.244 e. The SMILES string of the molecule is O=C1C2CC(CN2Cc2cccnc2)Oc2ccccc2N1Cc1ccccc1. The monoisotopic (exact) mass is 385 g/mol. The second kappa shape index (κ2) is 7.68. The molecule has 1 saturated heterocycles. The summed E-state index contributed by atoms with van der Waals surface area (Å²) in [5.74, 6) is 0.916. The van der Waals surface area contributed by atoms with Crippen molar-refractivity contribution in [3.05, 3.63) is 90.3 Å². The first kappa shape index (κ1) is 17.9. The van der Waals surface area contributed by atoms with Gasteiger partial charge < -0.3 is 9.64 Å². The number of pyridine rings is 1. The van der Waals surface area contributed by atoms with Gasteiger partial charge in [-0.3, -0.25) is 14.7 Å². The van der Waals surface area contributed by atoms with Gasteiger partial charge in [-0.05, 0) is 29.3 Å². The van der Waals surface area contributed by atoms with E-state index in [0.29, 0.717) is 19.5 Å². The van der Waals surface area contributed by atoms with Gasteiger partial charge in [-0.15, -0.1) is 0 Å². The Morgan fingerprint density at radius 1 is 0.931 bits per heavy atom. The maximum absolute atomic E-state index is 13.7. The molecule has 1 amide bonds. The van der Waals surface area contributed by atoms with Crippen molar-refractivity contribution in [2.75, 3.05) is 11.4 Å². The minimum atomic E-state index is -0.197. The first-order valence-electron chi connectivity index (χ1n) is 10.0. The highest BCUT2D eigenvalue weighted by Gasteiger charge is 2.42. The fourth-order valence-electron chi connectivity index (χ4n) is 4.29. The van der Waals surface area contributed by atoms with Gasteiger partial charge in [-0.1, -0.05) is 48.5 Å². The van der Waals surface area contributed by atoms with Crippen LogP contribution in [0, 0.1) is 0 Å². The van der Waals surface area contributed by atoms with E-state index < -0.39 is 0 Å². The van der Waals surface area contributed by atoms with Crippen molar-refractivity contribution in [1.29, 1.82) is 0 Å². The molecule has 2 bridgehead atoms. The number of aromatic nitrogens is 1. The minimum absolute atomic E-state index is 0.0145. The van der Waals surface area contributed by atoms with E-state index in [1.54, 1.807) is 6.20 Å². The lowest BCUT2D eigenvalue weighted by Crippen LogP contribution is -2.45. The number of fused-ring (bicyclic) bond motifs is 3. The van der Waals surface area contributed by atoms with Crippen LogP contribution in [-0.4, -0.2) is 34.5 Å². The Labute approximate surface area is 170 Å². The predicted molar refractivity (Wildman–Crippen MR) is 112 cm³/mol. The number of likely N-dealkylation sites (tertiary alicyclic amines) is 1. The van der Waals surface area contributed by atoms with Crippen molar-refractivity contribution < 1.29 is 9.53 Å². The number of amides is 1. The van der Waals surface area contributed by atoms with Crippen molar-refractivity contribution in [3.63, 3.8) is 0 Å². The number of benzene rings is 2. The van der Waals surface area contributed by atoms with Crippen molar-refractivity contribution in [1.82, 2.24) is 9.88 Å². The molecule has 29 heavy (non-hydrogen) atoms. The van der Waals surface area contributed by atoms with Gasteiger partial charge in [0.2, 0.25) is 5.91 Å². The van der Waals surface area contributed by atoms with Gasteiger partial charge >= 0.3 is 0 Å². The number of anilines is 1. The molecule has 0 radical (unpaired) electrons. The number of hydrogen-bond donors (Lipinski definition) is 0. The predicted octanol–water partition coefficient (Wildman–Crippen LogP) is 3.65. The lowest BCUT2D eigenvalue weighted by Gasteiger charge is -2.32. The Hall–Kier alpha value is -3.18. The van der Waals surface area contributed by atoms with Crippen LogP contribution >= 0.6 is 0 Å². The Morgan fingerprint density at radius 2 is 1.72 bits per heavy atom. The molecule has 0 spiro atoms. The van der Waals surface area contributed by atoms with Gasteiger partial charge in [0.15, 0.2) is 0 Å². The second-order valence-corrected chi connectivity index (χ2v) is 7.66. The lowest BCUT2D eigenvalue weighted by atomic mass is 10.1. The van der Waals surface area contributed by atoms with Crippen LogP contribution in [0.25, 0.3) is 0 Å². The van der Waals surface area contributed by atoms with Crippen molar-refractivity contribution in [2.24, 2.45) is 0 Å². The van der Waals surface area contributed by atoms with E-state index in [4.69, 9.17) is 4.74 Å². The van der Waals surface area contributed by atoms with Gasteiger partial charge in [0.1, 0.15) is 11.9 Å². The summed E-state index contributed by atoms with van der Waals surface area (Å²) in [6.45, 7) is 1.96. The summed E-state index contributed by atoms with van der Waals surface area (Å²) in [5, 5.41) is 0. The fourth-order valence-corrected chi connectivity index (χ4v) is 4.29. The average Bonchev–Trinajstić information content (AvgIpc) is 3.16. The number of para-hydroxylation sites is 2. The maximum Gasteiger partial charge on any atom is 0.244 e. The van der Waals surface area contributed by atoms with Crippen LogP contribution in [0.4, 0.5) is 5.69 Å². The zero-order valence-corrected chi connectivity index (χ0v) is 16.1. The summed E-state index contributed by atoms with van der Waals surface area (Å²) in [7, 11) is 0. The number of carbonyl (C=O) groups excluding carboxylic acids is 1. The molecule has 3 aromatic rings. The molecular weight excluding hydrogens is 362 g/mol. The van der Waals surface area contributed by atoms with E-state index in [0.717, 1.165) is 29.1 Å². The van der Waals surface area contributed by atoms with E-state index in [-0.39, 0.29) is 18.1 Å². The molecule has 0 N–H and O–H groups in total. The van der Waals surface area contributed by atoms with E-state index in [2.05, 4.69) is 28.1 Å². The van der Waals surface area contributed by atoms with Crippen LogP contribution in [0.2, 0.25) is 0 Å². The van der Waals surface area contributed by atoms with E-state index in [1.165, 1.54) is 0 Å². The zero-order chi connectivity index (χ0) is 19.6. The summed E-state index contributed by atoms with van der Waals surface area (Å²) in [4.78, 5) is 22.1. The second-order valence-electron chi connectivity index (χ2n) is 7.66. The average molecular weight is 385 g/mol. The van der Waals surface area contributed by atoms with Gasteiger partial charge in [-0.25, -0.2) is 0 Å². The standard InChI is InChI=1S/C24H23N3O2/c28-24-22-13-20(17-26(22)15-19-9-6-12-25-14-19)29-23-11-5-4-10-21(23)27(24)16-18-7-2-1-3-8-18/h1-12,14,20,22H,13,15-17H2. The number of hydrogen-bond acceptors (Lipinski definition) is 4. The molecule has 3 heterocycles. The third-order valence-electron chi connectivity index (χ3n) is 5.66. The van der Waals surface area contributed by atoms with E-state index >= 15 is 0 Å². The molecular formula is C24H23N3O2. The van der Waals surface area contributed by atoms with Gasteiger partial charge in [0.25, 0.3) is 0 Å². The highest BCUT2D eigenvalue weighted by atomic mass is 16.5. The molecule has 5 rings (SSSR count). The number of nitrogens with zero attached hydrogens (tertiary/aromatic N) is 3. The molecule has 5 heteroatoms. The lowest BCUT2D eigenvalue weighted by molar-refractivity contribution is -0.123. The molecule has 2 aromatic carbocycles. The number of rotatable bonds is 4. The van der Waals surface area contributed by atoms with Crippen LogP contribution < -0.4 is 9.64 Å². The Morgan fingerprint density at radius 3 is 2.55 bits per heavy atom. The molecule has 1 aromatic heterocycles. The Bertz CT molecular complexity index is 993. The maximum atomic E-state index is 13.7. The van der Waals surface area contributed by atoms with Crippen LogP contribution in [0.15, 0.2) is 79.1 Å². The van der Waals surface area contributed by atoms with Crippen LogP contribution in [0.1, 0.15) is 17.5 Å². The quantitative estimate of drug-likeness (QED) is 0.688. The highest BCUT2D eigenvalue weighted by Crippen LogP contribution is 2.37. The molecule has 2 aliphatic heterocycles. The normalized spacial score (nSPS) is 21.2. The first-order valence-corrected chi connectivity index (χ1v) is 10.0. The largest absolute Gasteiger partial charge is 0.487 e. The first-order chi connectivity index (χ1) is 14.3. The third-order valence-corrected chi connectivity index (χ3v) is 5.66. The molecule has 2 atom stereocenters. The summed E-state index contributed by atoms with van der Waals surface area (Å²) in [6.07, 6.45) is 4.36. The van der Waals surface area contributed by atoms with Crippen LogP contribution in [0.3, 0.4) is 0 Å². The van der Waals surface area contributed by atoms with Gasteiger partial charge in [0.05, 0.1) is 18.3 Å². The number of ether oxygens (including phenoxy) is 1. The molecule has 146 valence electrons. The summed E-state index contributed by atoms with van der Waals surface area (Å²) in [6, 6.07) is 21.8. The summed E-state index contributed by atoms with van der Waals surface area (Å²) >= 11 is 0. The molecule has 2 aliphatic rings. The Kier molecular flexibility index (Phi) is 4.74. The zero-order valence-electron chi connectivity index (χ0n) is 16.1. The Balaban J connectivity index is 1.49. The van der Waals surface area contributed by atoms with Crippen molar-refractivity contribution in [3.8, 4) is 5.75 Å². The van der Waals surface area contributed by atoms with Crippen LogP contribution in [0.5, 0.6) is 5.75 Å². The van der Waals surface area contributed by atoms with Gasteiger partial charge in [0, 0.05) is 31.9 Å². The highest BCUT2D eigenvalue weighted by molar-refractivity contribution is 5.99. The molecule has 5 nitrogen and oxygen atoms in total. The van der Waals surface area contributed by atoms with E-state index in [9.17, 15) is 4.79 Å². The summed E-state index contributed by atoms with van der Waals surface area (Å²) in [5.41, 5.74) is 3.06. The topological polar surface area (TPSA) is 45.7 Å². The van der Waals surface area contributed by atoms with Crippen molar-refractivity contribution >= 4 is 11.6 Å². The summed E-state index contributed by atoms with van der Waals surface area (Å²) < 4.78 is 6.36. The molecule has 0 aliphatic carbocycles. The molecule has 0 saturated carbocycles. The molecule has 1 fully saturated rings. The number of carbonyl (C=O) groups is 1. The van der Waals surface area contributed by atoms with Crippen LogP contribution in [-0.2, 0) is 17.9 Å². The van der Waals surface area contributed by atoms with E-state index in [1.807, 2.05) is 59.6 Å². The molecule has 2 unspecified atom stereocenters. The van der Waals surface area contributed by atoms with Crippen molar-refractivity contribution in [2.45, 2.75) is 31.7 Å². The van der Waals surface area contributed by atoms with Gasteiger partial charge in [-0.2, -0.15) is 0 Å². The minimum Gasteiger partial charge on any atom is -0.487 e.